The number of ether oxygens (including phenoxy) is 2. The number of rotatable bonds is 4. The summed E-state index contributed by atoms with van der Waals surface area (Å²) in [7, 11) is 3.42. The number of thioether (sulfide) groups is 2. The van der Waals surface area contributed by atoms with Crippen LogP contribution < -0.4 is 19.2 Å². The van der Waals surface area contributed by atoms with E-state index in [1.807, 2.05) is 23.5 Å². The third-order valence-electron chi connectivity index (χ3n) is 10.8. The van der Waals surface area contributed by atoms with Crippen molar-refractivity contribution in [3.05, 3.63) is 88.7 Å². The van der Waals surface area contributed by atoms with Gasteiger partial charge in [0.2, 0.25) is 0 Å². The van der Waals surface area contributed by atoms with Crippen LogP contribution in [0.5, 0.6) is 11.5 Å². The first-order chi connectivity index (χ1) is 20.5. The summed E-state index contributed by atoms with van der Waals surface area (Å²) in [6.45, 7) is 0. The molecule has 5 aliphatic rings. The van der Waals surface area contributed by atoms with Gasteiger partial charge in [-0.2, -0.15) is 0 Å². The first-order valence-corrected chi connectivity index (χ1v) is 18.0. The van der Waals surface area contributed by atoms with Crippen molar-refractivity contribution in [1.29, 1.82) is 0 Å². The SMILES string of the molecule is COc1ccc([C@H]2c3sc(=O)[nH]c3S[C@@H]3[C@H]4C[C@@H]([C@@H]5C[C@@H]6Sc7[nH]c(=O)sc7[C@H](c7ccc(OC)cc7)[C@H]6[C@H]45)[C@@H]23)cc1. The minimum absolute atomic E-state index is 0.0506. The number of aromatic amines is 2. The highest BCUT2D eigenvalue weighted by Crippen LogP contribution is 2.74. The summed E-state index contributed by atoms with van der Waals surface area (Å²) in [6, 6.07) is 17.1. The Hall–Kier alpha value is -2.40. The molecule has 3 aliphatic carbocycles. The molecular formula is C32H30N2O4S4. The Kier molecular flexibility index (Phi) is 5.92. The number of hydrogen-bond acceptors (Lipinski definition) is 8. The van der Waals surface area contributed by atoms with Crippen LogP contribution in [-0.4, -0.2) is 34.7 Å². The molecule has 0 saturated heterocycles. The van der Waals surface area contributed by atoms with E-state index in [0.29, 0.717) is 46.0 Å². The Morgan fingerprint density at radius 3 is 1.74 bits per heavy atom. The summed E-state index contributed by atoms with van der Waals surface area (Å²) in [5.41, 5.74) is 2.59. The molecule has 3 saturated carbocycles. The van der Waals surface area contributed by atoms with Crippen LogP contribution in [0.4, 0.5) is 0 Å². The maximum absolute atomic E-state index is 12.7. The molecule has 42 heavy (non-hydrogen) atoms. The molecule has 0 spiro atoms. The maximum atomic E-state index is 12.7. The van der Waals surface area contributed by atoms with Gasteiger partial charge in [0, 0.05) is 32.1 Å². The number of methoxy groups -OCH3 is 2. The molecule has 2 aromatic carbocycles. The summed E-state index contributed by atoms with van der Waals surface area (Å²) in [5, 5.41) is 3.14. The lowest BCUT2D eigenvalue weighted by Crippen LogP contribution is -2.42. The van der Waals surface area contributed by atoms with Crippen LogP contribution in [0.2, 0.25) is 0 Å². The fraction of sp³-hybridized carbons (Fsp3) is 0.438. The second-order valence-electron chi connectivity index (χ2n) is 12.4. The Bertz CT molecular complexity index is 1790. The molecule has 10 heteroatoms. The molecular weight excluding hydrogens is 605 g/mol. The van der Waals surface area contributed by atoms with E-state index in [0.717, 1.165) is 21.6 Å². The third-order valence-corrected chi connectivity index (χ3v) is 15.9. The Morgan fingerprint density at radius 2 is 1.17 bits per heavy atom. The van der Waals surface area contributed by atoms with Gasteiger partial charge in [-0.1, -0.05) is 46.9 Å². The summed E-state index contributed by atoms with van der Waals surface area (Å²) < 4.78 is 11.0. The van der Waals surface area contributed by atoms with Crippen LogP contribution in [0.1, 0.15) is 45.6 Å². The van der Waals surface area contributed by atoms with Crippen LogP contribution in [0.15, 0.2) is 68.2 Å². The second-order valence-corrected chi connectivity index (χ2v) is 16.8. The number of H-pyrrole nitrogens is 2. The van der Waals surface area contributed by atoms with Crippen molar-refractivity contribution < 1.29 is 9.47 Å². The average Bonchev–Trinajstić information content (AvgIpc) is 3.81. The lowest BCUT2D eigenvalue weighted by molar-refractivity contribution is 0.148. The van der Waals surface area contributed by atoms with Gasteiger partial charge in [0.25, 0.3) is 0 Å². The van der Waals surface area contributed by atoms with E-state index in [1.54, 1.807) is 14.2 Å². The Labute approximate surface area is 259 Å². The first-order valence-electron chi connectivity index (χ1n) is 14.6. The number of nitrogens with one attached hydrogen (secondary N) is 2. The highest BCUT2D eigenvalue weighted by atomic mass is 32.2. The minimum Gasteiger partial charge on any atom is -0.497 e. The summed E-state index contributed by atoms with van der Waals surface area (Å²) in [5.74, 6) is 5.70. The van der Waals surface area contributed by atoms with Gasteiger partial charge >= 0.3 is 9.75 Å². The quantitative estimate of drug-likeness (QED) is 0.262. The second kappa shape index (κ2) is 9.55. The molecule has 0 radical (unpaired) electrons. The van der Waals surface area contributed by atoms with Gasteiger partial charge in [0.1, 0.15) is 11.5 Å². The van der Waals surface area contributed by atoms with Crippen molar-refractivity contribution in [3.8, 4) is 11.5 Å². The molecule has 4 heterocycles. The van der Waals surface area contributed by atoms with Crippen molar-refractivity contribution in [3.63, 3.8) is 0 Å². The topological polar surface area (TPSA) is 84.2 Å². The van der Waals surface area contributed by atoms with Gasteiger partial charge in [-0.3, -0.25) is 9.59 Å². The van der Waals surface area contributed by atoms with E-state index in [9.17, 15) is 9.59 Å². The zero-order valence-corrected chi connectivity index (χ0v) is 26.3. The number of fused-ring (bicyclic) bond motifs is 12. The van der Waals surface area contributed by atoms with Crippen molar-refractivity contribution in [2.75, 3.05) is 14.2 Å². The van der Waals surface area contributed by atoms with Crippen molar-refractivity contribution in [2.45, 2.75) is 45.2 Å². The molecule has 6 nitrogen and oxygen atoms in total. The fourth-order valence-electron chi connectivity index (χ4n) is 9.56. The largest absolute Gasteiger partial charge is 0.497 e. The zero-order chi connectivity index (χ0) is 28.3. The molecule has 2 N–H and O–H groups in total. The smallest absolute Gasteiger partial charge is 0.305 e. The molecule has 0 amide bonds. The molecule has 2 aromatic heterocycles. The van der Waals surface area contributed by atoms with Gasteiger partial charge in [0.05, 0.1) is 24.3 Å². The maximum Gasteiger partial charge on any atom is 0.305 e. The third kappa shape index (κ3) is 3.64. The molecule has 2 aliphatic heterocycles. The van der Waals surface area contributed by atoms with Gasteiger partial charge in [-0.05, 0) is 83.7 Å². The predicted octanol–water partition coefficient (Wildman–Crippen LogP) is 6.63. The molecule has 10 atom stereocenters. The molecule has 0 unspecified atom stereocenters. The van der Waals surface area contributed by atoms with Crippen molar-refractivity contribution in [2.24, 2.45) is 35.5 Å². The van der Waals surface area contributed by atoms with Crippen LogP contribution in [0.25, 0.3) is 0 Å². The van der Waals surface area contributed by atoms with Gasteiger partial charge < -0.3 is 19.4 Å². The zero-order valence-electron chi connectivity index (χ0n) is 23.1. The van der Waals surface area contributed by atoms with Gasteiger partial charge in [0.15, 0.2) is 0 Å². The Balaban J connectivity index is 1.14. The lowest BCUT2D eigenvalue weighted by Gasteiger charge is -2.46. The highest BCUT2D eigenvalue weighted by Gasteiger charge is 2.68. The van der Waals surface area contributed by atoms with Crippen molar-refractivity contribution in [1.82, 2.24) is 9.97 Å². The van der Waals surface area contributed by atoms with Crippen LogP contribution in [-0.2, 0) is 0 Å². The monoisotopic (exact) mass is 634 g/mol. The predicted molar refractivity (Wildman–Crippen MR) is 169 cm³/mol. The van der Waals surface area contributed by atoms with Crippen LogP contribution in [0, 0.1) is 35.5 Å². The van der Waals surface area contributed by atoms with Crippen LogP contribution in [0.3, 0.4) is 0 Å². The van der Waals surface area contributed by atoms with Gasteiger partial charge in [-0.15, -0.1) is 23.5 Å². The fourth-order valence-corrected chi connectivity index (χ4v) is 15.2. The number of aromatic nitrogens is 2. The van der Waals surface area contributed by atoms with E-state index < -0.39 is 0 Å². The minimum atomic E-state index is 0.0506. The number of thiazole rings is 2. The molecule has 4 aromatic rings. The molecule has 2 bridgehead atoms. The first kappa shape index (κ1) is 26.0. The summed E-state index contributed by atoms with van der Waals surface area (Å²) in [6.07, 6.45) is 2.47. The van der Waals surface area contributed by atoms with Gasteiger partial charge in [-0.25, -0.2) is 0 Å². The highest BCUT2D eigenvalue weighted by molar-refractivity contribution is 8.00. The van der Waals surface area contributed by atoms with E-state index >= 15 is 0 Å². The van der Waals surface area contributed by atoms with E-state index in [2.05, 4.69) is 58.5 Å². The molecule has 9 rings (SSSR count). The van der Waals surface area contributed by atoms with Crippen LogP contribution >= 0.6 is 46.2 Å². The van der Waals surface area contributed by atoms with E-state index in [4.69, 9.17) is 9.47 Å². The Morgan fingerprint density at radius 1 is 0.643 bits per heavy atom. The standard InChI is InChI=1S/C32H30N2O4S4/c1-37-15-7-3-13(4-8-15)21-24-17-11-19(26(24)40-30-27(21)41-32(36)34-30)23-18(17)12-20-25(23)22(14-5-9-16(38-2)10-6-14)28-29(39-20)33-31(35)42-28/h3-10,17-26H,11-12H2,1-2H3,(H,33,35)(H,34,36)/t17-,18-,19-,20-,21+,22+,23-,24-,25-,26+/m0/s1. The lowest BCUT2D eigenvalue weighted by atomic mass is 9.65. The normalized spacial score (nSPS) is 35.2. The molecule has 216 valence electrons. The average molecular weight is 635 g/mol. The van der Waals surface area contributed by atoms with E-state index in [1.165, 1.54) is 56.4 Å². The number of hydrogen-bond donors (Lipinski definition) is 2. The summed E-state index contributed by atoms with van der Waals surface area (Å²) in [4.78, 5) is 34.2. The van der Waals surface area contributed by atoms with E-state index in [-0.39, 0.29) is 21.6 Å². The summed E-state index contributed by atoms with van der Waals surface area (Å²) >= 11 is 6.70. The van der Waals surface area contributed by atoms with Crippen molar-refractivity contribution >= 4 is 46.2 Å². The molecule has 3 fully saturated rings. The number of benzene rings is 2.